The fourth-order valence-corrected chi connectivity index (χ4v) is 2.06. The molecule has 1 aliphatic carbocycles. The largest absolute Gasteiger partial charge is 0.479 e. The average Bonchev–Trinajstić information content (AvgIpc) is 2.03. The lowest BCUT2D eigenvalue weighted by atomic mass is 9.72. The Balaban J connectivity index is 2.99. The van der Waals surface area contributed by atoms with E-state index < -0.39 is 17.2 Å². The van der Waals surface area contributed by atoms with E-state index in [9.17, 15) is 9.90 Å². The predicted molar refractivity (Wildman–Crippen MR) is 46.5 cm³/mol. The van der Waals surface area contributed by atoms with E-state index in [4.69, 9.17) is 9.84 Å². The van der Waals surface area contributed by atoms with E-state index in [0.29, 0.717) is 12.8 Å². The Kier molecular flexibility index (Phi) is 2.63. The molecule has 1 unspecified atom stereocenters. The van der Waals surface area contributed by atoms with E-state index >= 15 is 0 Å². The van der Waals surface area contributed by atoms with Crippen LogP contribution in [-0.2, 0) is 9.53 Å². The van der Waals surface area contributed by atoms with Crippen LogP contribution >= 0.6 is 0 Å². The summed E-state index contributed by atoms with van der Waals surface area (Å²) >= 11 is 0. The number of carboxylic acids is 1. The number of rotatable bonds is 2. The smallest absolute Gasteiger partial charge is 0.338 e. The molecule has 0 amide bonds. The van der Waals surface area contributed by atoms with Gasteiger partial charge in [0.25, 0.3) is 0 Å². The fraction of sp³-hybridized carbons (Fsp3) is 0.889. The molecule has 13 heavy (non-hydrogen) atoms. The monoisotopic (exact) mass is 188 g/mol. The van der Waals surface area contributed by atoms with Gasteiger partial charge in [-0.25, -0.2) is 4.79 Å². The van der Waals surface area contributed by atoms with E-state index in [1.165, 1.54) is 14.0 Å². The molecule has 1 fully saturated rings. The first-order chi connectivity index (χ1) is 5.96. The van der Waals surface area contributed by atoms with Gasteiger partial charge in [-0.1, -0.05) is 6.42 Å². The lowest BCUT2D eigenvalue weighted by molar-refractivity contribution is -0.207. The van der Waals surface area contributed by atoms with Crippen LogP contribution in [0.1, 0.15) is 32.6 Å². The number of carbonyl (C=O) groups is 1. The summed E-state index contributed by atoms with van der Waals surface area (Å²) in [5, 5.41) is 19.0. The molecule has 4 nitrogen and oxygen atoms in total. The highest BCUT2D eigenvalue weighted by Gasteiger charge is 2.55. The quantitative estimate of drug-likeness (QED) is 0.672. The van der Waals surface area contributed by atoms with Crippen molar-refractivity contribution in [3.63, 3.8) is 0 Å². The number of aliphatic carboxylic acids is 1. The van der Waals surface area contributed by atoms with Crippen molar-refractivity contribution in [2.24, 2.45) is 0 Å². The number of hydrogen-bond acceptors (Lipinski definition) is 3. The molecule has 0 aromatic rings. The second kappa shape index (κ2) is 3.27. The summed E-state index contributed by atoms with van der Waals surface area (Å²) in [6.45, 7) is 1.53. The van der Waals surface area contributed by atoms with Crippen LogP contribution in [-0.4, -0.2) is 34.5 Å². The first kappa shape index (κ1) is 10.5. The molecular weight excluding hydrogens is 172 g/mol. The Labute approximate surface area is 77.5 Å². The summed E-state index contributed by atoms with van der Waals surface area (Å²) in [6, 6.07) is 0. The van der Waals surface area contributed by atoms with Crippen molar-refractivity contribution in [1.29, 1.82) is 0 Å². The highest BCUT2D eigenvalue weighted by atomic mass is 16.5. The molecule has 1 rings (SSSR count). The summed E-state index contributed by atoms with van der Waals surface area (Å²) in [4.78, 5) is 11.0. The number of carboxylic acid groups (broad SMARTS) is 1. The summed E-state index contributed by atoms with van der Waals surface area (Å²) in [6.07, 6.45) is 2.50. The number of ether oxygens (including phenoxy) is 1. The standard InChI is InChI=1S/C9H16O4/c1-8(12)5-3-4-6-9(8,13-2)7(10)11/h12H,3-6H2,1-2H3,(H,10,11)/t8?,9-/m1/s1. The fourth-order valence-electron chi connectivity index (χ4n) is 2.06. The predicted octanol–water partition coefficient (Wildman–Crippen LogP) is 0.781. The minimum Gasteiger partial charge on any atom is -0.479 e. The van der Waals surface area contributed by atoms with Crippen molar-refractivity contribution < 1.29 is 19.7 Å². The average molecular weight is 188 g/mol. The minimum atomic E-state index is -1.41. The molecule has 0 aromatic heterocycles. The van der Waals surface area contributed by atoms with Gasteiger partial charge in [0.15, 0.2) is 5.60 Å². The van der Waals surface area contributed by atoms with Crippen LogP contribution in [0.5, 0.6) is 0 Å². The van der Waals surface area contributed by atoms with Gasteiger partial charge >= 0.3 is 5.97 Å². The molecule has 1 aliphatic rings. The Bertz CT molecular complexity index is 212. The second-order valence-electron chi connectivity index (χ2n) is 3.82. The topological polar surface area (TPSA) is 66.8 Å². The Morgan fingerprint density at radius 1 is 1.38 bits per heavy atom. The lowest BCUT2D eigenvalue weighted by Gasteiger charge is -2.44. The zero-order valence-corrected chi connectivity index (χ0v) is 8.04. The maximum atomic E-state index is 11.0. The van der Waals surface area contributed by atoms with Crippen molar-refractivity contribution in [2.75, 3.05) is 7.11 Å². The van der Waals surface area contributed by atoms with Gasteiger partial charge < -0.3 is 14.9 Å². The van der Waals surface area contributed by atoms with Gasteiger partial charge in [0.2, 0.25) is 0 Å². The van der Waals surface area contributed by atoms with E-state index in [1.54, 1.807) is 0 Å². The second-order valence-corrected chi connectivity index (χ2v) is 3.82. The van der Waals surface area contributed by atoms with Crippen molar-refractivity contribution in [1.82, 2.24) is 0 Å². The maximum absolute atomic E-state index is 11.0. The van der Waals surface area contributed by atoms with Crippen molar-refractivity contribution >= 4 is 5.97 Å². The normalized spacial score (nSPS) is 40.2. The summed E-state index contributed by atoms with van der Waals surface area (Å²) in [5.74, 6) is -1.07. The third-order valence-corrected chi connectivity index (χ3v) is 3.01. The maximum Gasteiger partial charge on any atom is 0.338 e. The molecule has 0 aliphatic heterocycles. The van der Waals surface area contributed by atoms with Gasteiger partial charge in [0, 0.05) is 7.11 Å². The molecule has 0 bridgehead atoms. The first-order valence-corrected chi connectivity index (χ1v) is 4.47. The van der Waals surface area contributed by atoms with Crippen LogP contribution in [0.15, 0.2) is 0 Å². The van der Waals surface area contributed by atoms with Crippen LogP contribution in [0.2, 0.25) is 0 Å². The molecule has 1 saturated carbocycles. The van der Waals surface area contributed by atoms with Gasteiger partial charge in [-0.15, -0.1) is 0 Å². The lowest BCUT2D eigenvalue weighted by Crippen LogP contribution is -2.60. The molecule has 76 valence electrons. The summed E-state index contributed by atoms with van der Waals surface area (Å²) in [7, 11) is 1.34. The minimum absolute atomic E-state index is 0.381. The van der Waals surface area contributed by atoms with Crippen LogP contribution < -0.4 is 0 Å². The van der Waals surface area contributed by atoms with E-state index in [2.05, 4.69) is 0 Å². The van der Waals surface area contributed by atoms with E-state index in [-0.39, 0.29) is 0 Å². The number of hydrogen-bond donors (Lipinski definition) is 2. The van der Waals surface area contributed by atoms with Crippen molar-refractivity contribution in [3.8, 4) is 0 Å². The Morgan fingerprint density at radius 3 is 2.23 bits per heavy atom. The van der Waals surface area contributed by atoms with Crippen molar-refractivity contribution in [2.45, 2.75) is 43.8 Å². The molecular formula is C9H16O4. The van der Waals surface area contributed by atoms with Gasteiger partial charge in [0.05, 0.1) is 0 Å². The summed E-state index contributed by atoms with van der Waals surface area (Å²) < 4.78 is 5.01. The van der Waals surface area contributed by atoms with Gasteiger partial charge in [-0.2, -0.15) is 0 Å². The van der Waals surface area contributed by atoms with E-state index in [0.717, 1.165) is 12.8 Å². The van der Waals surface area contributed by atoms with Crippen LogP contribution in [0.3, 0.4) is 0 Å². The zero-order valence-electron chi connectivity index (χ0n) is 8.04. The first-order valence-electron chi connectivity index (χ1n) is 4.47. The molecule has 0 aromatic carbocycles. The van der Waals surface area contributed by atoms with Gasteiger partial charge in [0.1, 0.15) is 5.60 Å². The number of aliphatic hydroxyl groups is 1. The number of methoxy groups -OCH3 is 1. The molecule has 0 heterocycles. The third kappa shape index (κ3) is 1.44. The molecule has 0 saturated heterocycles. The molecule has 2 N–H and O–H groups in total. The van der Waals surface area contributed by atoms with Gasteiger partial charge in [-0.3, -0.25) is 0 Å². The van der Waals surface area contributed by atoms with Crippen LogP contribution in [0.25, 0.3) is 0 Å². The zero-order chi connectivity index (χ0) is 10.1. The Morgan fingerprint density at radius 2 is 1.92 bits per heavy atom. The SMILES string of the molecule is CO[C@@]1(C(=O)O)CCCCC1(C)O. The highest BCUT2D eigenvalue weighted by molar-refractivity contribution is 5.79. The van der Waals surface area contributed by atoms with Crippen LogP contribution in [0.4, 0.5) is 0 Å². The molecule has 4 heteroatoms. The highest BCUT2D eigenvalue weighted by Crippen LogP contribution is 2.39. The van der Waals surface area contributed by atoms with Gasteiger partial charge in [-0.05, 0) is 26.2 Å². The van der Waals surface area contributed by atoms with Crippen molar-refractivity contribution in [3.05, 3.63) is 0 Å². The summed E-state index contributed by atoms with van der Waals surface area (Å²) in [5.41, 5.74) is -2.67. The molecule has 0 radical (unpaired) electrons. The molecule has 0 spiro atoms. The van der Waals surface area contributed by atoms with E-state index in [1.807, 2.05) is 0 Å². The van der Waals surface area contributed by atoms with Crippen LogP contribution in [0, 0.1) is 0 Å². The third-order valence-electron chi connectivity index (χ3n) is 3.01. The molecule has 2 atom stereocenters. The Hall–Kier alpha value is -0.610.